The molecule has 5 heteroatoms. The van der Waals surface area contributed by atoms with Crippen LogP contribution in [0.1, 0.15) is 41.0 Å². The van der Waals surface area contributed by atoms with Gasteiger partial charge in [-0.15, -0.1) is 0 Å². The first-order chi connectivity index (χ1) is 8.07. The topological polar surface area (TPSA) is 69.6 Å². The van der Waals surface area contributed by atoms with Crippen LogP contribution < -0.4 is 5.32 Å². The van der Waals surface area contributed by atoms with E-state index in [0.717, 1.165) is 0 Å². The zero-order chi connectivity index (χ0) is 14.5. The van der Waals surface area contributed by atoms with Crippen LogP contribution in [0.15, 0.2) is 0 Å². The van der Waals surface area contributed by atoms with Gasteiger partial charge in [-0.05, 0) is 18.8 Å². The largest absolute Gasteiger partial charge is 0.481 e. The summed E-state index contributed by atoms with van der Waals surface area (Å²) >= 11 is 0. The molecule has 0 aliphatic heterocycles. The third-order valence-electron chi connectivity index (χ3n) is 3.43. The molecule has 0 aromatic heterocycles. The van der Waals surface area contributed by atoms with Gasteiger partial charge in [0.1, 0.15) is 0 Å². The van der Waals surface area contributed by atoms with Crippen molar-refractivity contribution < 1.29 is 14.7 Å². The first-order valence-corrected chi connectivity index (χ1v) is 6.30. The van der Waals surface area contributed by atoms with E-state index >= 15 is 0 Å². The number of nitrogens with zero attached hydrogens (tertiary/aromatic N) is 1. The van der Waals surface area contributed by atoms with E-state index in [4.69, 9.17) is 5.11 Å². The van der Waals surface area contributed by atoms with Crippen LogP contribution in [0.25, 0.3) is 0 Å². The van der Waals surface area contributed by atoms with Gasteiger partial charge in [0.05, 0.1) is 5.92 Å². The summed E-state index contributed by atoms with van der Waals surface area (Å²) in [6.45, 7) is 10.2. The monoisotopic (exact) mass is 258 g/mol. The van der Waals surface area contributed by atoms with Crippen molar-refractivity contribution in [2.45, 2.75) is 47.1 Å². The Bertz CT molecular complexity index is 297. The number of hydrogen-bond acceptors (Lipinski definition) is 2. The average Bonchev–Trinajstić information content (AvgIpc) is 2.25. The van der Waals surface area contributed by atoms with Gasteiger partial charge in [-0.25, -0.2) is 4.79 Å². The molecule has 0 saturated heterocycles. The molecular formula is C13H26N2O3. The first kappa shape index (κ1) is 16.7. The summed E-state index contributed by atoms with van der Waals surface area (Å²) in [5, 5.41) is 11.5. The van der Waals surface area contributed by atoms with Crippen LogP contribution in [0, 0.1) is 11.3 Å². The number of hydrogen-bond donors (Lipinski definition) is 2. The van der Waals surface area contributed by atoms with E-state index in [1.807, 2.05) is 6.92 Å². The summed E-state index contributed by atoms with van der Waals surface area (Å²) in [4.78, 5) is 24.1. The van der Waals surface area contributed by atoms with Crippen LogP contribution in [-0.4, -0.2) is 41.6 Å². The Balaban J connectivity index is 4.14. The number of carboxylic acids is 1. The quantitative estimate of drug-likeness (QED) is 0.794. The smallest absolute Gasteiger partial charge is 0.317 e. The molecule has 0 fully saturated rings. The summed E-state index contributed by atoms with van der Waals surface area (Å²) in [5.41, 5.74) is 0.0143. The van der Waals surface area contributed by atoms with Crippen LogP contribution >= 0.6 is 0 Å². The van der Waals surface area contributed by atoms with Crippen molar-refractivity contribution in [3.05, 3.63) is 0 Å². The number of aliphatic carboxylic acids is 1. The van der Waals surface area contributed by atoms with Gasteiger partial charge in [0.15, 0.2) is 0 Å². The predicted molar refractivity (Wildman–Crippen MR) is 71.5 cm³/mol. The van der Waals surface area contributed by atoms with Gasteiger partial charge in [-0.1, -0.05) is 27.7 Å². The van der Waals surface area contributed by atoms with E-state index in [1.165, 1.54) is 0 Å². The lowest BCUT2D eigenvalue weighted by molar-refractivity contribution is -0.141. The van der Waals surface area contributed by atoms with Crippen molar-refractivity contribution in [1.29, 1.82) is 0 Å². The van der Waals surface area contributed by atoms with Crippen molar-refractivity contribution in [1.82, 2.24) is 10.2 Å². The van der Waals surface area contributed by atoms with Crippen LogP contribution in [0.5, 0.6) is 0 Å². The fraction of sp³-hybridized carbons (Fsp3) is 0.846. The standard InChI is InChI=1S/C13H26N2O3/c1-9(11(16)17)7-8-14-12(18)15(6)10(2)13(3,4)5/h9-10H,7-8H2,1-6H3,(H,14,18)(H,16,17). The molecule has 0 aromatic carbocycles. The second-order valence-corrected chi connectivity index (χ2v) is 5.91. The number of carbonyl (C=O) groups excluding carboxylic acids is 1. The molecule has 0 saturated carbocycles. The van der Waals surface area contributed by atoms with Gasteiger partial charge in [-0.3, -0.25) is 4.79 Å². The summed E-state index contributed by atoms with van der Waals surface area (Å²) in [5.74, 6) is -1.27. The van der Waals surface area contributed by atoms with Crippen LogP contribution in [0.2, 0.25) is 0 Å². The third-order valence-corrected chi connectivity index (χ3v) is 3.43. The molecule has 0 aliphatic rings. The van der Waals surface area contributed by atoms with Gasteiger partial charge in [0.25, 0.3) is 0 Å². The van der Waals surface area contributed by atoms with Crippen molar-refractivity contribution >= 4 is 12.0 Å². The second-order valence-electron chi connectivity index (χ2n) is 5.91. The highest BCUT2D eigenvalue weighted by Crippen LogP contribution is 2.22. The lowest BCUT2D eigenvalue weighted by Crippen LogP contribution is -2.47. The molecule has 0 bridgehead atoms. The maximum absolute atomic E-state index is 11.8. The number of nitrogens with one attached hydrogen (secondary N) is 1. The molecule has 5 nitrogen and oxygen atoms in total. The lowest BCUT2D eigenvalue weighted by Gasteiger charge is -2.35. The molecule has 2 N–H and O–H groups in total. The minimum Gasteiger partial charge on any atom is -0.481 e. The molecule has 0 spiro atoms. The Kier molecular flexibility index (Phi) is 6.15. The average molecular weight is 258 g/mol. The number of carbonyl (C=O) groups is 2. The molecule has 2 atom stereocenters. The van der Waals surface area contributed by atoms with Crippen molar-refractivity contribution in [3.63, 3.8) is 0 Å². The molecule has 0 aromatic rings. The fourth-order valence-electron chi connectivity index (χ4n) is 1.40. The zero-order valence-corrected chi connectivity index (χ0v) is 12.3. The highest BCUT2D eigenvalue weighted by Gasteiger charge is 2.26. The summed E-state index contributed by atoms with van der Waals surface area (Å²) in [6, 6.07) is -0.0515. The molecule has 18 heavy (non-hydrogen) atoms. The Hall–Kier alpha value is -1.26. The molecule has 106 valence electrons. The summed E-state index contributed by atoms with van der Waals surface area (Å²) in [6.07, 6.45) is 0.443. The molecular weight excluding hydrogens is 232 g/mol. The molecule has 0 aliphatic carbocycles. The summed E-state index contributed by atoms with van der Waals surface area (Å²) < 4.78 is 0. The Morgan fingerprint density at radius 3 is 2.17 bits per heavy atom. The second kappa shape index (κ2) is 6.61. The number of carboxylic acid groups (broad SMARTS) is 1. The van der Waals surface area contributed by atoms with Crippen molar-refractivity contribution in [2.24, 2.45) is 11.3 Å². The normalized spacial score (nSPS) is 14.8. The predicted octanol–water partition coefficient (Wildman–Crippen LogP) is 2.17. The maximum atomic E-state index is 11.8. The molecule has 2 unspecified atom stereocenters. The maximum Gasteiger partial charge on any atom is 0.317 e. The zero-order valence-electron chi connectivity index (χ0n) is 12.3. The molecule has 0 rings (SSSR count). The lowest BCUT2D eigenvalue weighted by atomic mass is 9.87. The highest BCUT2D eigenvalue weighted by molar-refractivity contribution is 5.74. The minimum atomic E-state index is -0.833. The van der Waals surface area contributed by atoms with E-state index in [9.17, 15) is 9.59 Å². The van der Waals surface area contributed by atoms with Gasteiger partial charge in [-0.2, -0.15) is 0 Å². The fourth-order valence-corrected chi connectivity index (χ4v) is 1.40. The third kappa shape index (κ3) is 5.38. The van der Waals surface area contributed by atoms with Crippen LogP contribution in [-0.2, 0) is 4.79 Å². The van der Waals surface area contributed by atoms with Crippen molar-refractivity contribution in [3.8, 4) is 0 Å². The highest BCUT2D eigenvalue weighted by atomic mass is 16.4. The van der Waals surface area contributed by atoms with Crippen LogP contribution in [0.3, 0.4) is 0 Å². The van der Waals surface area contributed by atoms with Gasteiger partial charge in [0.2, 0.25) is 0 Å². The Morgan fingerprint density at radius 2 is 1.78 bits per heavy atom. The SMILES string of the molecule is CC(CCNC(=O)N(C)C(C)C(C)(C)C)C(=O)O. The molecule has 2 amide bonds. The van der Waals surface area contributed by atoms with Gasteiger partial charge >= 0.3 is 12.0 Å². The first-order valence-electron chi connectivity index (χ1n) is 6.30. The molecule has 0 heterocycles. The van der Waals surface area contributed by atoms with E-state index in [1.54, 1.807) is 18.9 Å². The Labute approximate surface area is 110 Å². The number of amides is 2. The number of urea groups is 1. The minimum absolute atomic E-state index is 0.0143. The molecule has 0 radical (unpaired) electrons. The van der Waals surface area contributed by atoms with Gasteiger partial charge < -0.3 is 15.3 Å². The van der Waals surface area contributed by atoms with Crippen molar-refractivity contribution in [2.75, 3.05) is 13.6 Å². The Morgan fingerprint density at radius 1 is 1.28 bits per heavy atom. The van der Waals surface area contributed by atoms with Crippen LogP contribution in [0.4, 0.5) is 4.79 Å². The van der Waals surface area contributed by atoms with E-state index in [-0.39, 0.29) is 17.5 Å². The number of rotatable bonds is 5. The van der Waals surface area contributed by atoms with Gasteiger partial charge in [0, 0.05) is 19.6 Å². The van der Waals surface area contributed by atoms with E-state index in [2.05, 4.69) is 26.1 Å². The van der Waals surface area contributed by atoms with E-state index in [0.29, 0.717) is 13.0 Å². The van der Waals surface area contributed by atoms with E-state index < -0.39 is 11.9 Å². The summed E-state index contributed by atoms with van der Waals surface area (Å²) in [7, 11) is 1.76.